The first-order valence-electron chi connectivity index (χ1n) is 4.54. The molecule has 0 N–H and O–H groups in total. The number of hydrogen-bond donors (Lipinski definition) is 0. The summed E-state index contributed by atoms with van der Waals surface area (Å²) in [6.45, 7) is 10.1. The predicted octanol–water partition coefficient (Wildman–Crippen LogP) is 3.32. The normalized spacial score (nSPS) is 11.1. The Labute approximate surface area is 80.4 Å². The van der Waals surface area contributed by atoms with Crippen LogP contribution in [0, 0.1) is 13.8 Å². The van der Waals surface area contributed by atoms with E-state index < -0.39 is 0 Å². The van der Waals surface area contributed by atoms with E-state index in [9.17, 15) is 0 Å². The summed E-state index contributed by atoms with van der Waals surface area (Å²) >= 11 is 0. The highest BCUT2D eigenvalue weighted by Crippen LogP contribution is 2.22. The van der Waals surface area contributed by atoms with Gasteiger partial charge in [-0.15, -0.1) is 0 Å². The maximum atomic E-state index is 3.82. The topological polar surface area (TPSA) is 4.93 Å². The summed E-state index contributed by atoms with van der Waals surface area (Å²) in [6.07, 6.45) is 6.11. The minimum atomic E-state index is 1.21. The number of hydrogen-bond acceptors (Lipinski definition) is 0. The fourth-order valence-corrected chi connectivity index (χ4v) is 1.70. The summed E-state index contributed by atoms with van der Waals surface area (Å²) in [6, 6.07) is 0. The van der Waals surface area contributed by atoms with Crippen LogP contribution in [0.4, 0.5) is 0 Å². The fourth-order valence-electron chi connectivity index (χ4n) is 1.70. The van der Waals surface area contributed by atoms with Crippen molar-refractivity contribution < 1.29 is 0 Å². The molecule has 0 unspecified atom stereocenters. The lowest BCUT2D eigenvalue weighted by molar-refractivity contribution is 0.896. The van der Waals surface area contributed by atoms with E-state index in [2.05, 4.69) is 44.2 Å². The molecule has 70 valence electrons. The fraction of sp³-hybridized carbons (Fsp3) is 0.333. The molecule has 0 fully saturated rings. The summed E-state index contributed by atoms with van der Waals surface area (Å²) in [5.41, 5.74) is 5.15. The van der Waals surface area contributed by atoms with Gasteiger partial charge in [0.15, 0.2) is 0 Å². The Balaban J connectivity index is 3.44. The van der Waals surface area contributed by atoms with Crippen molar-refractivity contribution >= 4 is 12.2 Å². The van der Waals surface area contributed by atoms with Crippen LogP contribution in [0.25, 0.3) is 12.2 Å². The van der Waals surface area contributed by atoms with Crippen LogP contribution >= 0.6 is 0 Å². The zero-order chi connectivity index (χ0) is 10.0. The molecule has 0 aliphatic carbocycles. The Hall–Kier alpha value is -1.24. The van der Waals surface area contributed by atoms with Gasteiger partial charge in [-0.25, -0.2) is 0 Å². The van der Waals surface area contributed by atoms with Gasteiger partial charge in [0.1, 0.15) is 0 Å². The van der Waals surface area contributed by atoms with Gasteiger partial charge in [-0.3, -0.25) is 0 Å². The van der Waals surface area contributed by atoms with Crippen LogP contribution in [0.15, 0.2) is 12.7 Å². The molecule has 1 nitrogen and oxygen atoms in total. The van der Waals surface area contributed by atoms with Gasteiger partial charge >= 0.3 is 0 Å². The molecule has 1 rings (SSSR count). The average Bonchev–Trinajstić information content (AvgIpc) is 2.31. The summed E-state index contributed by atoms with van der Waals surface area (Å²) in [4.78, 5) is 0. The number of allylic oxidation sites excluding steroid dienone is 1. The van der Waals surface area contributed by atoms with E-state index >= 15 is 0 Å². The summed E-state index contributed by atoms with van der Waals surface area (Å²) in [5.74, 6) is 0. The standard InChI is InChI=1S/C12H17N/c1-6-8-12-10(4)9(3)11(7-2)13(12)5/h6-8H,2H2,1,3-5H3/b8-6-. The van der Waals surface area contributed by atoms with Crippen LogP contribution in [0.3, 0.4) is 0 Å². The van der Waals surface area contributed by atoms with Crippen LogP contribution in [0.1, 0.15) is 29.4 Å². The van der Waals surface area contributed by atoms with Crippen molar-refractivity contribution in [3.63, 3.8) is 0 Å². The second-order valence-electron chi connectivity index (χ2n) is 3.28. The molecule has 0 aromatic carbocycles. The zero-order valence-corrected chi connectivity index (χ0v) is 8.89. The summed E-state index contributed by atoms with van der Waals surface area (Å²) in [5, 5.41) is 0. The van der Waals surface area contributed by atoms with E-state index in [1.807, 2.05) is 13.0 Å². The zero-order valence-electron chi connectivity index (χ0n) is 8.89. The van der Waals surface area contributed by atoms with E-state index in [4.69, 9.17) is 0 Å². The van der Waals surface area contributed by atoms with Crippen molar-refractivity contribution in [3.05, 3.63) is 35.2 Å². The largest absolute Gasteiger partial charge is 0.344 e. The molecule has 1 aromatic rings. The van der Waals surface area contributed by atoms with E-state index in [1.54, 1.807) is 0 Å². The Bertz CT molecular complexity index is 354. The highest BCUT2D eigenvalue weighted by molar-refractivity contribution is 5.61. The Morgan fingerprint density at radius 1 is 1.15 bits per heavy atom. The van der Waals surface area contributed by atoms with Crippen molar-refractivity contribution in [2.24, 2.45) is 7.05 Å². The molecule has 1 heteroatoms. The Morgan fingerprint density at radius 3 is 2.08 bits per heavy atom. The molecule has 0 amide bonds. The van der Waals surface area contributed by atoms with E-state index in [1.165, 1.54) is 22.5 Å². The van der Waals surface area contributed by atoms with Crippen molar-refractivity contribution in [2.75, 3.05) is 0 Å². The van der Waals surface area contributed by atoms with E-state index in [0.717, 1.165) is 0 Å². The van der Waals surface area contributed by atoms with Crippen LogP contribution in [-0.2, 0) is 7.05 Å². The molecule has 0 spiro atoms. The lowest BCUT2D eigenvalue weighted by Crippen LogP contribution is -1.93. The molecule has 0 aliphatic heterocycles. The first kappa shape index (κ1) is 9.85. The van der Waals surface area contributed by atoms with Gasteiger partial charge in [0.25, 0.3) is 0 Å². The lowest BCUT2D eigenvalue weighted by atomic mass is 10.1. The van der Waals surface area contributed by atoms with Gasteiger partial charge in [0, 0.05) is 18.4 Å². The van der Waals surface area contributed by atoms with Crippen LogP contribution in [0.2, 0.25) is 0 Å². The van der Waals surface area contributed by atoms with Crippen LogP contribution in [-0.4, -0.2) is 4.57 Å². The van der Waals surface area contributed by atoms with Crippen LogP contribution < -0.4 is 0 Å². The van der Waals surface area contributed by atoms with E-state index in [-0.39, 0.29) is 0 Å². The molecule has 0 saturated heterocycles. The first-order valence-corrected chi connectivity index (χ1v) is 4.54. The highest BCUT2D eigenvalue weighted by atomic mass is 15.0. The number of rotatable bonds is 2. The second kappa shape index (κ2) is 3.65. The molecule has 0 aliphatic rings. The molecule has 0 bridgehead atoms. The van der Waals surface area contributed by atoms with Gasteiger partial charge < -0.3 is 4.57 Å². The molecule has 1 aromatic heterocycles. The highest BCUT2D eigenvalue weighted by Gasteiger charge is 2.09. The predicted molar refractivity (Wildman–Crippen MR) is 59.7 cm³/mol. The van der Waals surface area contributed by atoms with Crippen molar-refractivity contribution in [1.29, 1.82) is 0 Å². The molecular formula is C12H17N. The monoisotopic (exact) mass is 175 g/mol. The van der Waals surface area contributed by atoms with Gasteiger partial charge in [0.05, 0.1) is 0 Å². The first-order chi connectivity index (χ1) is 6.13. The third-order valence-electron chi connectivity index (χ3n) is 2.57. The summed E-state index contributed by atoms with van der Waals surface area (Å²) < 4.78 is 2.18. The van der Waals surface area contributed by atoms with Crippen molar-refractivity contribution in [2.45, 2.75) is 20.8 Å². The van der Waals surface area contributed by atoms with Gasteiger partial charge in [0.2, 0.25) is 0 Å². The molecule has 0 saturated carbocycles. The summed E-state index contributed by atoms with van der Waals surface area (Å²) in [7, 11) is 2.08. The SMILES string of the molecule is C=Cc1c(C)c(C)c(/C=C\C)n1C. The minimum absolute atomic E-state index is 1.21. The molecular weight excluding hydrogens is 158 g/mol. The smallest absolute Gasteiger partial charge is 0.0437 e. The van der Waals surface area contributed by atoms with Gasteiger partial charge in [-0.1, -0.05) is 12.7 Å². The maximum absolute atomic E-state index is 3.82. The van der Waals surface area contributed by atoms with Crippen LogP contribution in [0.5, 0.6) is 0 Å². The Kier molecular flexibility index (Phi) is 2.76. The molecule has 0 radical (unpaired) electrons. The third-order valence-corrected chi connectivity index (χ3v) is 2.57. The third kappa shape index (κ3) is 1.46. The quantitative estimate of drug-likeness (QED) is 0.650. The second-order valence-corrected chi connectivity index (χ2v) is 3.28. The molecule has 13 heavy (non-hydrogen) atoms. The maximum Gasteiger partial charge on any atom is 0.0437 e. The van der Waals surface area contributed by atoms with E-state index in [0.29, 0.717) is 0 Å². The Morgan fingerprint density at radius 2 is 1.69 bits per heavy atom. The number of nitrogens with zero attached hydrogens (tertiary/aromatic N) is 1. The number of aromatic nitrogens is 1. The van der Waals surface area contributed by atoms with Crippen molar-refractivity contribution in [3.8, 4) is 0 Å². The molecule has 1 heterocycles. The molecule has 0 atom stereocenters. The van der Waals surface area contributed by atoms with Crippen molar-refractivity contribution in [1.82, 2.24) is 4.57 Å². The average molecular weight is 175 g/mol. The van der Waals surface area contributed by atoms with Gasteiger partial charge in [-0.2, -0.15) is 0 Å². The lowest BCUT2D eigenvalue weighted by Gasteiger charge is -2.00. The minimum Gasteiger partial charge on any atom is -0.344 e. The van der Waals surface area contributed by atoms with Gasteiger partial charge in [-0.05, 0) is 44.1 Å².